The average molecular weight is 1130 g/mol. The molecule has 0 aromatic heterocycles. The molecule has 0 aliphatic carbocycles. The minimum absolute atomic E-state index is 0.0841. The molecule has 0 fully saturated rings. The van der Waals surface area contributed by atoms with E-state index in [1.807, 2.05) is 0 Å². The van der Waals surface area contributed by atoms with Crippen molar-refractivity contribution in [2.24, 2.45) is 5.92 Å². The second-order valence-corrected chi connectivity index (χ2v) is 23.4. The topological polar surface area (TPSA) is 237 Å². The van der Waals surface area contributed by atoms with E-state index in [0.717, 1.165) is 121 Å². The van der Waals surface area contributed by atoms with Gasteiger partial charge in [-0.1, -0.05) is 200 Å². The van der Waals surface area contributed by atoms with Crippen molar-refractivity contribution in [3.05, 3.63) is 24.3 Å². The minimum atomic E-state index is -4.94. The first kappa shape index (κ1) is 73.5. The van der Waals surface area contributed by atoms with E-state index in [4.69, 9.17) is 37.0 Å². The van der Waals surface area contributed by atoms with Crippen LogP contribution in [0.25, 0.3) is 0 Å². The highest BCUT2D eigenvalue weighted by molar-refractivity contribution is 7.47. The molecule has 2 unspecified atom stereocenters. The van der Waals surface area contributed by atoms with E-state index in [9.17, 15) is 43.2 Å². The Balaban J connectivity index is 5.18. The van der Waals surface area contributed by atoms with Gasteiger partial charge in [0.1, 0.15) is 19.3 Å². The Kier molecular flexibility index (Phi) is 49.1. The maximum atomic E-state index is 12.9. The molecule has 0 saturated heterocycles. The fraction of sp³-hybridized carbons (Fsp3) is 0.860. The number of allylic oxidation sites excluding steroid dienone is 4. The van der Waals surface area contributed by atoms with E-state index >= 15 is 0 Å². The number of carbonyl (C=O) groups excluding carboxylic acids is 4. The third kappa shape index (κ3) is 51.0. The van der Waals surface area contributed by atoms with Crippen molar-refractivity contribution >= 4 is 39.5 Å². The van der Waals surface area contributed by atoms with Crippen molar-refractivity contribution in [2.75, 3.05) is 39.6 Å². The van der Waals surface area contributed by atoms with Crippen LogP contribution in [0.1, 0.15) is 253 Å². The Morgan fingerprint density at radius 3 is 1.08 bits per heavy atom. The standard InChI is InChI=1S/C57H106O17P2/c1-6-9-12-15-16-17-18-19-20-21-22-23-28-33-38-43-57(62)74-53(47-68-55(60)41-36-32-27-25-24-26-31-34-39-50(4)5)49-72-76(65,66)70-45-51(58)44-69-75(63,64)71-48-52(73-56(61)42-37-30-14-11-8-3)46-67-54(59)40-35-29-13-10-7-2/h17-20,50-53,58H,6-16,21-49H2,1-5H3,(H,63,64)(H,65,66)/b18-17-,20-19-/t51-,52+,53+/m0/s1. The molecule has 0 radical (unpaired) electrons. The van der Waals surface area contributed by atoms with Crippen LogP contribution in [0.15, 0.2) is 24.3 Å². The van der Waals surface area contributed by atoms with Gasteiger partial charge in [-0.25, -0.2) is 9.13 Å². The zero-order chi connectivity index (χ0) is 56.4. The van der Waals surface area contributed by atoms with E-state index in [-0.39, 0.29) is 25.7 Å². The lowest BCUT2D eigenvalue weighted by Crippen LogP contribution is -2.30. The predicted octanol–water partition coefficient (Wildman–Crippen LogP) is 14.6. The van der Waals surface area contributed by atoms with Crippen molar-refractivity contribution in [2.45, 2.75) is 271 Å². The van der Waals surface area contributed by atoms with E-state index in [1.165, 1.54) is 51.4 Å². The number of ether oxygens (including phenoxy) is 4. The van der Waals surface area contributed by atoms with Crippen LogP contribution in [-0.2, 0) is 65.4 Å². The third-order valence-corrected chi connectivity index (χ3v) is 14.3. The summed E-state index contributed by atoms with van der Waals surface area (Å²) in [5.74, 6) is -1.47. The normalized spacial score (nSPS) is 14.6. The minimum Gasteiger partial charge on any atom is -0.462 e. The molecule has 0 aliphatic rings. The summed E-state index contributed by atoms with van der Waals surface area (Å²) in [6.45, 7) is 6.85. The highest BCUT2D eigenvalue weighted by Gasteiger charge is 2.30. The summed E-state index contributed by atoms with van der Waals surface area (Å²) in [5.41, 5.74) is 0. The molecule has 0 saturated carbocycles. The van der Waals surface area contributed by atoms with Gasteiger partial charge in [-0.3, -0.25) is 37.3 Å². The zero-order valence-corrected chi connectivity index (χ0v) is 49.6. The Morgan fingerprint density at radius 1 is 0.408 bits per heavy atom. The fourth-order valence-electron chi connectivity index (χ4n) is 7.80. The maximum Gasteiger partial charge on any atom is 0.472 e. The molecule has 5 atom stereocenters. The van der Waals surface area contributed by atoms with Gasteiger partial charge in [-0.15, -0.1) is 0 Å². The summed E-state index contributed by atoms with van der Waals surface area (Å²) in [5, 5.41) is 10.4. The van der Waals surface area contributed by atoms with Gasteiger partial charge in [0.2, 0.25) is 0 Å². The van der Waals surface area contributed by atoms with Crippen LogP contribution in [-0.4, -0.2) is 96.7 Å². The molecule has 76 heavy (non-hydrogen) atoms. The second kappa shape index (κ2) is 50.7. The SMILES string of the molecule is CCCCCC/C=C\C=C/CCCCCCCC(=O)O[C@H](COC(=O)CCCCCCCCCCC(C)C)COP(=O)(O)OC[C@@H](O)COP(=O)(O)OC[C@@H](COC(=O)CCCCCCC)OC(=O)CCCCCCC. The maximum absolute atomic E-state index is 12.9. The zero-order valence-electron chi connectivity index (χ0n) is 47.9. The van der Waals surface area contributed by atoms with Gasteiger partial charge in [0.15, 0.2) is 12.2 Å². The molecule has 0 rings (SSSR count). The van der Waals surface area contributed by atoms with Crippen LogP contribution in [0.4, 0.5) is 0 Å². The molecule has 0 aromatic carbocycles. The van der Waals surface area contributed by atoms with Crippen LogP contribution < -0.4 is 0 Å². The lowest BCUT2D eigenvalue weighted by atomic mass is 10.0. The number of rotatable bonds is 55. The van der Waals surface area contributed by atoms with Crippen molar-refractivity contribution in [1.29, 1.82) is 0 Å². The number of hydrogen-bond donors (Lipinski definition) is 3. The first-order chi connectivity index (χ1) is 36.5. The Morgan fingerprint density at radius 2 is 0.711 bits per heavy atom. The van der Waals surface area contributed by atoms with Crippen molar-refractivity contribution in [3.8, 4) is 0 Å². The van der Waals surface area contributed by atoms with Gasteiger partial charge in [0.05, 0.1) is 26.4 Å². The number of unbranched alkanes of at least 4 members (excludes halogenated alkanes) is 24. The van der Waals surface area contributed by atoms with E-state index in [1.54, 1.807) is 0 Å². The summed E-state index contributed by atoms with van der Waals surface area (Å²) in [7, 11) is -9.87. The number of aliphatic hydroxyl groups is 1. The summed E-state index contributed by atoms with van der Waals surface area (Å²) in [6, 6.07) is 0. The summed E-state index contributed by atoms with van der Waals surface area (Å²) < 4.78 is 67.2. The van der Waals surface area contributed by atoms with Crippen LogP contribution in [0.3, 0.4) is 0 Å². The largest absolute Gasteiger partial charge is 0.472 e. The van der Waals surface area contributed by atoms with Gasteiger partial charge >= 0.3 is 39.5 Å². The molecule has 0 aromatic rings. The molecule has 0 amide bonds. The molecule has 0 aliphatic heterocycles. The van der Waals surface area contributed by atoms with Gasteiger partial charge in [-0.2, -0.15) is 0 Å². The average Bonchev–Trinajstić information content (AvgIpc) is 3.38. The Hall–Kier alpha value is -2.46. The number of phosphoric ester groups is 2. The van der Waals surface area contributed by atoms with E-state index in [0.29, 0.717) is 25.7 Å². The summed E-state index contributed by atoms with van der Waals surface area (Å²) in [6.07, 6.45) is 35.1. The number of phosphoric acid groups is 2. The smallest absolute Gasteiger partial charge is 0.462 e. The molecule has 0 heterocycles. The van der Waals surface area contributed by atoms with Crippen molar-refractivity contribution in [1.82, 2.24) is 0 Å². The molecule has 0 bridgehead atoms. The lowest BCUT2D eigenvalue weighted by Gasteiger charge is -2.21. The van der Waals surface area contributed by atoms with Crippen LogP contribution >= 0.6 is 15.6 Å². The first-order valence-electron chi connectivity index (χ1n) is 29.5. The van der Waals surface area contributed by atoms with Crippen LogP contribution in [0.2, 0.25) is 0 Å². The number of hydrogen-bond acceptors (Lipinski definition) is 15. The van der Waals surface area contributed by atoms with Gasteiger partial charge in [-0.05, 0) is 57.3 Å². The lowest BCUT2D eigenvalue weighted by molar-refractivity contribution is -0.161. The molecule has 0 spiro atoms. The third-order valence-electron chi connectivity index (χ3n) is 12.4. The number of carbonyl (C=O) groups is 4. The second-order valence-electron chi connectivity index (χ2n) is 20.5. The summed E-state index contributed by atoms with van der Waals surface area (Å²) in [4.78, 5) is 71.3. The summed E-state index contributed by atoms with van der Waals surface area (Å²) >= 11 is 0. The molecule has 19 heteroatoms. The molecule has 3 N–H and O–H groups in total. The first-order valence-corrected chi connectivity index (χ1v) is 32.4. The number of esters is 4. The van der Waals surface area contributed by atoms with Crippen LogP contribution in [0, 0.1) is 5.92 Å². The van der Waals surface area contributed by atoms with E-state index < -0.39 is 97.5 Å². The molecular weight excluding hydrogens is 1020 g/mol. The predicted molar refractivity (Wildman–Crippen MR) is 298 cm³/mol. The van der Waals surface area contributed by atoms with Gasteiger partial charge in [0, 0.05) is 25.7 Å². The molecular formula is C57H106O17P2. The van der Waals surface area contributed by atoms with E-state index in [2.05, 4.69) is 58.9 Å². The number of aliphatic hydroxyl groups excluding tert-OH is 1. The van der Waals surface area contributed by atoms with Gasteiger partial charge in [0.25, 0.3) is 0 Å². The van der Waals surface area contributed by atoms with Crippen molar-refractivity contribution in [3.63, 3.8) is 0 Å². The van der Waals surface area contributed by atoms with Crippen LogP contribution in [0.5, 0.6) is 0 Å². The molecule has 17 nitrogen and oxygen atoms in total. The van der Waals surface area contributed by atoms with Gasteiger partial charge < -0.3 is 33.8 Å². The quantitative estimate of drug-likeness (QED) is 0.0169. The highest BCUT2D eigenvalue weighted by Crippen LogP contribution is 2.45. The van der Waals surface area contributed by atoms with Crippen molar-refractivity contribution < 1.29 is 80.2 Å². The fourth-order valence-corrected chi connectivity index (χ4v) is 9.38. The highest BCUT2D eigenvalue weighted by atomic mass is 31.2. The Labute approximate surface area is 459 Å². The molecule has 446 valence electrons. The Bertz CT molecular complexity index is 1590. The monoisotopic (exact) mass is 1120 g/mol.